The normalized spacial score (nSPS) is 10.2. The van der Waals surface area contributed by atoms with Crippen LogP contribution >= 0.6 is 0 Å². The van der Waals surface area contributed by atoms with Crippen LogP contribution in [0.25, 0.3) is 11.5 Å². The van der Waals surface area contributed by atoms with Gasteiger partial charge in [0.25, 0.3) is 5.89 Å². The van der Waals surface area contributed by atoms with Crippen molar-refractivity contribution in [1.82, 2.24) is 10.1 Å². The van der Waals surface area contributed by atoms with Crippen molar-refractivity contribution in [2.45, 2.75) is 0 Å². The summed E-state index contributed by atoms with van der Waals surface area (Å²) in [6.45, 7) is 0. The van der Waals surface area contributed by atoms with Gasteiger partial charge in [0.05, 0.1) is 0 Å². The van der Waals surface area contributed by atoms with Gasteiger partial charge in [0.1, 0.15) is 5.75 Å². The molecule has 0 saturated carbocycles. The molecule has 0 amide bonds. The number of para-hydroxylation sites is 1. The lowest BCUT2D eigenvalue weighted by Crippen LogP contribution is -1.85. The molecule has 1 heterocycles. The van der Waals surface area contributed by atoms with Gasteiger partial charge in [-0.3, -0.25) is 0 Å². The zero-order valence-electron chi connectivity index (χ0n) is 9.48. The molecule has 0 radical (unpaired) electrons. The maximum atomic E-state index is 5.46. The molecule has 0 N–H and O–H groups in total. The molecule has 0 atom stereocenters. The third-order valence-corrected chi connectivity index (χ3v) is 2.38. The van der Waals surface area contributed by atoms with E-state index in [1.807, 2.05) is 60.7 Å². The van der Waals surface area contributed by atoms with Crippen LogP contribution in [0.2, 0.25) is 0 Å². The van der Waals surface area contributed by atoms with Gasteiger partial charge in [0.2, 0.25) is 0 Å². The number of rotatable bonds is 3. The van der Waals surface area contributed by atoms with E-state index < -0.39 is 0 Å². The average molecular weight is 238 g/mol. The second kappa shape index (κ2) is 4.71. The molecule has 18 heavy (non-hydrogen) atoms. The number of nitrogens with zero attached hydrogens (tertiary/aromatic N) is 2. The zero-order valence-corrected chi connectivity index (χ0v) is 9.48. The van der Waals surface area contributed by atoms with Crippen LogP contribution in [0.4, 0.5) is 0 Å². The number of hydrogen-bond donors (Lipinski definition) is 0. The Bertz CT molecular complexity index is 621. The van der Waals surface area contributed by atoms with E-state index in [2.05, 4.69) is 10.1 Å². The van der Waals surface area contributed by atoms with Crippen molar-refractivity contribution < 1.29 is 9.26 Å². The van der Waals surface area contributed by atoms with Crippen LogP contribution in [-0.2, 0) is 0 Å². The molecule has 4 heteroatoms. The minimum Gasteiger partial charge on any atom is -0.422 e. The lowest BCUT2D eigenvalue weighted by molar-refractivity contribution is 0.371. The van der Waals surface area contributed by atoms with Crippen LogP contribution in [0, 0.1) is 0 Å². The molecule has 0 aliphatic heterocycles. The van der Waals surface area contributed by atoms with Gasteiger partial charge in [0, 0.05) is 5.56 Å². The Hall–Kier alpha value is -2.62. The maximum Gasteiger partial charge on any atom is 0.360 e. The fourth-order valence-corrected chi connectivity index (χ4v) is 1.54. The molecule has 4 nitrogen and oxygen atoms in total. The van der Waals surface area contributed by atoms with Crippen molar-refractivity contribution in [2.75, 3.05) is 0 Å². The number of aromatic nitrogens is 2. The molecular weight excluding hydrogens is 228 g/mol. The molecule has 0 spiro atoms. The highest BCUT2D eigenvalue weighted by Crippen LogP contribution is 2.22. The Balaban J connectivity index is 1.82. The minimum atomic E-state index is 0.208. The fraction of sp³-hybridized carbons (Fsp3) is 0. The van der Waals surface area contributed by atoms with Gasteiger partial charge in [0.15, 0.2) is 0 Å². The quantitative estimate of drug-likeness (QED) is 0.700. The second-order valence-electron chi connectivity index (χ2n) is 3.66. The Kier molecular flexibility index (Phi) is 2.75. The predicted octanol–water partition coefficient (Wildman–Crippen LogP) is 3.53. The average Bonchev–Trinajstić information content (AvgIpc) is 2.89. The van der Waals surface area contributed by atoms with E-state index in [0.717, 1.165) is 5.56 Å². The summed E-state index contributed by atoms with van der Waals surface area (Å²) in [6.07, 6.45) is 0. The molecular formula is C14H10N2O2. The summed E-state index contributed by atoms with van der Waals surface area (Å²) in [4.78, 5) is 4.18. The second-order valence-corrected chi connectivity index (χ2v) is 3.66. The van der Waals surface area contributed by atoms with E-state index in [1.165, 1.54) is 0 Å². The molecule has 0 aliphatic carbocycles. The summed E-state index contributed by atoms with van der Waals surface area (Å²) in [6, 6.07) is 19.1. The molecule has 0 unspecified atom stereocenters. The third kappa shape index (κ3) is 2.22. The fourth-order valence-electron chi connectivity index (χ4n) is 1.54. The number of benzene rings is 2. The van der Waals surface area contributed by atoms with Crippen molar-refractivity contribution in [3.05, 3.63) is 60.7 Å². The van der Waals surface area contributed by atoms with Gasteiger partial charge in [-0.1, -0.05) is 36.4 Å². The van der Waals surface area contributed by atoms with Crippen molar-refractivity contribution in [2.24, 2.45) is 0 Å². The molecule has 88 valence electrons. The topological polar surface area (TPSA) is 48.2 Å². The summed E-state index contributed by atoms with van der Waals surface area (Å²) >= 11 is 0. The van der Waals surface area contributed by atoms with E-state index in [9.17, 15) is 0 Å². The zero-order chi connectivity index (χ0) is 12.2. The van der Waals surface area contributed by atoms with Gasteiger partial charge >= 0.3 is 6.01 Å². The van der Waals surface area contributed by atoms with Crippen molar-refractivity contribution in [3.63, 3.8) is 0 Å². The van der Waals surface area contributed by atoms with Crippen LogP contribution in [0.3, 0.4) is 0 Å². The lowest BCUT2D eigenvalue weighted by atomic mass is 10.2. The van der Waals surface area contributed by atoms with E-state index in [-0.39, 0.29) is 6.01 Å². The first-order valence-corrected chi connectivity index (χ1v) is 5.54. The van der Waals surface area contributed by atoms with Gasteiger partial charge in [-0.15, -0.1) is 0 Å². The van der Waals surface area contributed by atoms with Crippen LogP contribution in [0.15, 0.2) is 65.2 Å². The molecule has 0 aliphatic rings. The minimum absolute atomic E-state index is 0.208. The molecule has 3 rings (SSSR count). The van der Waals surface area contributed by atoms with Crippen molar-refractivity contribution in [3.8, 4) is 23.2 Å². The van der Waals surface area contributed by atoms with Crippen LogP contribution in [0.1, 0.15) is 0 Å². The largest absolute Gasteiger partial charge is 0.422 e. The van der Waals surface area contributed by atoms with E-state index in [0.29, 0.717) is 11.6 Å². The third-order valence-electron chi connectivity index (χ3n) is 2.38. The van der Waals surface area contributed by atoms with Gasteiger partial charge in [-0.25, -0.2) is 0 Å². The summed E-state index contributed by atoms with van der Waals surface area (Å²) in [5.41, 5.74) is 0.868. The molecule has 0 bridgehead atoms. The van der Waals surface area contributed by atoms with Gasteiger partial charge in [-0.05, 0) is 29.4 Å². The first-order chi connectivity index (χ1) is 8.92. The number of hydrogen-bond acceptors (Lipinski definition) is 4. The molecule has 2 aromatic carbocycles. The first-order valence-electron chi connectivity index (χ1n) is 5.54. The Labute approximate surface area is 104 Å². The monoisotopic (exact) mass is 238 g/mol. The smallest absolute Gasteiger partial charge is 0.360 e. The Morgan fingerprint density at radius 1 is 0.833 bits per heavy atom. The van der Waals surface area contributed by atoms with Crippen LogP contribution < -0.4 is 4.74 Å². The highest BCUT2D eigenvalue weighted by Gasteiger charge is 2.09. The highest BCUT2D eigenvalue weighted by molar-refractivity contribution is 5.52. The standard InChI is InChI=1S/C14H10N2O2/c1-3-7-11(8-4-1)13-15-14(16-18-13)17-12-9-5-2-6-10-12/h1-10H. The molecule has 1 aromatic heterocycles. The van der Waals surface area contributed by atoms with Crippen molar-refractivity contribution >= 4 is 0 Å². The number of ether oxygens (including phenoxy) is 1. The van der Waals surface area contributed by atoms with Gasteiger partial charge < -0.3 is 9.26 Å². The van der Waals surface area contributed by atoms with Crippen LogP contribution in [-0.4, -0.2) is 10.1 Å². The van der Waals surface area contributed by atoms with Gasteiger partial charge in [-0.2, -0.15) is 4.98 Å². The predicted molar refractivity (Wildman–Crippen MR) is 66.3 cm³/mol. The first kappa shape index (κ1) is 10.5. The maximum absolute atomic E-state index is 5.46. The highest BCUT2D eigenvalue weighted by atomic mass is 16.6. The van der Waals surface area contributed by atoms with E-state index in [1.54, 1.807) is 0 Å². The van der Waals surface area contributed by atoms with Crippen molar-refractivity contribution in [1.29, 1.82) is 0 Å². The van der Waals surface area contributed by atoms with E-state index >= 15 is 0 Å². The summed E-state index contributed by atoms with van der Waals surface area (Å²) in [7, 11) is 0. The summed E-state index contributed by atoms with van der Waals surface area (Å²) in [5, 5.41) is 3.78. The Morgan fingerprint density at radius 2 is 1.50 bits per heavy atom. The van der Waals surface area contributed by atoms with Crippen LogP contribution in [0.5, 0.6) is 11.8 Å². The SMILES string of the molecule is c1ccc(Oc2noc(-c3ccccc3)n2)cc1. The Morgan fingerprint density at radius 3 is 2.22 bits per heavy atom. The summed E-state index contributed by atoms with van der Waals surface area (Å²) < 4.78 is 10.6. The van der Waals surface area contributed by atoms with E-state index in [4.69, 9.17) is 9.26 Å². The summed E-state index contributed by atoms with van der Waals surface area (Å²) in [5.74, 6) is 1.12. The molecule has 0 fully saturated rings. The lowest BCUT2D eigenvalue weighted by Gasteiger charge is -1.97. The molecule has 0 saturated heterocycles. The molecule has 3 aromatic rings.